The van der Waals surface area contributed by atoms with Crippen molar-refractivity contribution in [3.8, 4) is 0 Å². The Morgan fingerprint density at radius 1 is 1.12 bits per heavy atom. The van der Waals surface area contributed by atoms with Crippen LogP contribution in [-0.4, -0.2) is 54.1 Å². The molecule has 8 nitrogen and oxygen atoms in total. The lowest BCUT2D eigenvalue weighted by Gasteiger charge is -2.16. The lowest BCUT2D eigenvalue weighted by Crippen LogP contribution is -2.46. The number of ether oxygens (including phenoxy) is 1. The highest BCUT2D eigenvalue weighted by atomic mass is 16.5. The largest absolute Gasteiger partial charge is 0.467 e. The number of nitrogens with zero attached hydrogens (tertiary/aromatic N) is 1. The van der Waals surface area contributed by atoms with Gasteiger partial charge in [-0.2, -0.15) is 0 Å². The average molecular weight is 346 g/mol. The molecule has 132 valence electrons. The summed E-state index contributed by atoms with van der Waals surface area (Å²) in [5.74, 6) is -2.75. The minimum atomic E-state index is -1.38. The maximum absolute atomic E-state index is 12.2. The van der Waals surface area contributed by atoms with Crippen LogP contribution in [0, 0.1) is 0 Å². The number of carbonyl (C=O) groups excluding carboxylic acids is 5. The molecule has 0 unspecified atom stereocenters. The predicted octanol–water partition coefficient (Wildman–Crippen LogP) is 0.310. The summed E-state index contributed by atoms with van der Waals surface area (Å²) in [7, 11) is 1.11. The van der Waals surface area contributed by atoms with Crippen LogP contribution in [0.1, 0.15) is 40.5 Å². The van der Waals surface area contributed by atoms with Crippen molar-refractivity contribution in [1.82, 2.24) is 10.2 Å². The zero-order chi connectivity index (χ0) is 18.6. The van der Waals surface area contributed by atoms with Gasteiger partial charge in [0.1, 0.15) is 0 Å². The molecular formula is C17H18N2O6. The van der Waals surface area contributed by atoms with Crippen LogP contribution < -0.4 is 5.32 Å². The maximum Gasteiger partial charge on any atom is 0.336 e. The number of esters is 1. The lowest BCUT2D eigenvalue weighted by atomic mass is 10.1. The van der Waals surface area contributed by atoms with Gasteiger partial charge in [0.15, 0.2) is 11.8 Å². The third-order valence-electron chi connectivity index (χ3n) is 3.79. The van der Waals surface area contributed by atoms with E-state index >= 15 is 0 Å². The van der Waals surface area contributed by atoms with Crippen LogP contribution in [0.25, 0.3) is 0 Å². The Kier molecular flexibility index (Phi) is 5.63. The molecule has 1 aliphatic heterocycles. The van der Waals surface area contributed by atoms with Crippen molar-refractivity contribution in [3.63, 3.8) is 0 Å². The number of ketones is 1. The highest BCUT2D eigenvalue weighted by molar-refractivity contribution is 6.21. The van der Waals surface area contributed by atoms with Gasteiger partial charge in [-0.3, -0.25) is 24.1 Å². The van der Waals surface area contributed by atoms with E-state index in [0.717, 1.165) is 12.0 Å². The number of imide groups is 1. The van der Waals surface area contributed by atoms with E-state index in [0.29, 0.717) is 11.1 Å². The van der Waals surface area contributed by atoms with Crippen LogP contribution in [0.3, 0.4) is 0 Å². The van der Waals surface area contributed by atoms with E-state index < -0.39 is 35.5 Å². The normalized spacial score (nSPS) is 14.1. The number of methoxy groups -OCH3 is 1. The Hall–Kier alpha value is -3.03. The molecular weight excluding hydrogens is 328 g/mol. The lowest BCUT2D eigenvalue weighted by molar-refractivity contribution is -0.148. The topological polar surface area (TPSA) is 110 Å². The molecule has 0 aliphatic carbocycles. The third-order valence-corrected chi connectivity index (χ3v) is 3.79. The number of Topliss-reactive ketones (excluding diaryl/α,β-unsaturated/α-hetero) is 1. The summed E-state index contributed by atoms with van der Waals surface area (Å²) in [6.07, 6.45) is 0.0881. The molecule has 1 aliphatic rings. The summed E-state index contributed by atoms with van der Waals surface area (Å²) in [6.45, 7) is 1.23. The van der Waals surface area contributed by atoms with Crippen LogP contribution in [-0.2, 0) is 19.1 Å². The quantitative estimate of drug-likeness (QED) is 0.432. The van der Waals surface area contributed by atoms with Crippen LogP contribution >= 0.6 is 0 Å². The Balaban J connectivity index is 1.95. The zero-order valence-electron chi connectivity index (χ0n) is 13.9. The molecule has 0 aromatic heterocycles. The SMILES string of the molecule is COC(=O)[C@H](NC(C)=O)C(=O)CCCN1C(=O)c2ccccc2C1=O. The molecule has 8 heteroatoms. The minimum absolute atomic E-state index is 0.0477. The molecule has 3 amide bonds. The Bertz CT molecular complexity index is 707. The summed E-state index contributed by atoms with van der Waals surface area (Å²) >= 11 is 0. The average Bonchev–Trinajstić information content (AvgIpc) is 2.84. The van der Waals surface area contributed by atoms with E-state index in [1.165, 1.54) is 6.92 Å². The van der Waals surface area contributed by atoms with Crippen molar-refractivity contribution in [2.75, 3.05) is 13.7 Å². The fourth-order valence-electron chi connectivity index (χ4n) is 2.59. The molecule has 0 spiro atoms. The second-order valence-corrected chi connectivity index (χ2v) is 5.53. The molecule has 0 radical (unpaired) electrons. The van der Waals surface area contributed by atoms with Gasteiger partial charge in [-0.05, 0) is 18.6 Å². The first-order valence-electron chi connectivity index (χ1n) is 7.69. The molecule has 1 aromatic rings. The van der Waals surface area contributed by atoms with Gasteiger partial charge in [0.25, 0.3) is 11.8 Å². The first-order valence-corrected chi connectivity index (χ1v) is 7.69. The Labute approximate surface area is 144 Å². The molecule has 25 heavy (non-hydrogen) atoms. The fourth-order valence-corrected chi connectivity index (χ4v) is 2.59. The summed E-state index contributed by atoms with van der Waals surface area (Å²) < 4.78 is 4.50. The number of carbonyl (C=O) groups is 5. The molecule has 0 bridgehead atoms. The minimum Gasteiger partial charge on any atom is -0.467 e. The van der Waals surface area contributed by atoms with Crippen molar-refractivity contribution >= 4 is 29.5 Å². The number of hydrogen-bond donors (Lipinski definition) is 1. The van der Waals surface area contributed by atoms with Crippen molar-refractivity contribution in [2.45, 2.75) is 25.8 Å². The Morgan fingerprint density at radius 2 is 1.68 bits per heavy atom. The highest BCUT2D eigenvalue weighted by Crippen LogP contribution is 2.22. The second-order valence-electron chi connectivity index (χ2n) is 5.53. The van der Waals surface area contributed by atoms with E-state index in [9.17, 15) is 24.0 Å². The van der Waals surface area contributed by atoms with E-state index in [1.807, 2.05) is 0 Å². The van der Waals surface area contributed by atoms with Gasteiger partial charge in [0, 0.05) is 19.9 Å². The number of amides is 3. The molecule has 0 fully saturated rings. The van der Waals surface area contributed by atoms with Crippen molar-refractivity contribution in [2.24, 2.45) is 0 Å². The molecule has 0 saturated carbocycles. The third kappa shape index (κ3) is 3.90. The van der Waals surface area contributed by atoms with Gasteiger partial charge in [0.2, 0.25) is 5.91 Å². The fraction of sp³-hybridized carbons (Fsp3) is 0.353. The van der Waals surface area contributed by atoms with Gasteiger partial charge in [-0.25, -0.2) is 4.79 Å². The maximum atomic E-state index is 12.2. The van der Waals surface area contributed by atoms with Crippen LogP contribution in [0.5, 0.6) is 0 Å². The smallest absolute Gasteiger partial charge is 0.336 e. The summed E-state index contributed by atoms with van der Waals surface area (Å²) in [6, 6.07) is 5.11. The van der Waals surface area contributed by atoms with E-state index in [1.54, 1.807) is 24.3 Å². The van der Waals surface area contributed by atoms with Crippen molar-refractivity contribution < 1.29 is 28.7 Å². The predicted molar refractivity (Wildman–Crippen MR) is 85.7 cm³/mol. The summed E-state index contributed by atoms with van der Waals surface area (Å²) in [5.41, 5.74) is 0.675. The second kappa shape index (κ2) is 7.69. The van der Waals surface area contributed by atoms with Gasteiger partial charge >= 0.3 is 5.97 Å². The Morgan fingerprint density at radius 3 is 2.16 bits per heavy atom. The van der Waals surface area contributed by atoms with E-state index in [2.05, 4.69) is 10.1 Å². The highest BCUT2D eigenvalue weighted by Gasteiger charge is 2.35. The van der Waals surface area contributed by atoms with Crippen molar-refractivity contribution in [1.29, 1.82) is 0 Å². The zero-order valence-corrected chi connectivity index (χ0v) is 13.9. The molecule has 1 aromatic carbocycles. The van der Waals surface area contributed by atoms with E-state index in [-0.39, 0.29) is 19.4 Å². The number of benzene rings is 1. The standard InChI is InChI=1S/C17H18N2O6/c1-10(20)18-14(17(24)25-2)13(21)8-5-9-19-15(22)11-6-3-4-7-12(11)16(19)23/h3-4,6-7,14H,5,8-9H2,1-2H3,(H,18,20)/t14-/m1/s1. The number of rotatable bonds is 7. The van der Waals surface area contributed by atoms with Gasteiger partial charge < -0.3 is 10.1 Å². The van der Waals surface area contributed by atoms with E-state index in [4.69, 9.17) is 0 Å². The van der Waals surface area contributed by atoms with Gasteiger partial charge in [0.05, 0.1) is 18.2 Å². The van der Waals surface area contributed by atoms with Crippen LogP contribution in [0.4, 0.5) is 0 Å². The number of fused-ring (bicyclic) bond motifs is 1. The number of hydrogen-bond acceptors (Lipinski definition) is 6. The summed E-state index contributed by atoms with van der Waals surface area (Å²) in [4.78, 5) is 60.3. The first kappa shape index (κ1) is 18.3. The van der Waals surface area contributed by atoms with Crippen LogP contribution in [0.2, 0.25) is 0 Å². The molecule has 1 heterocycles. The molecule has 0 saturated heterocycles. The number of nitrogens with one attached hydrogen (secondary N) is 1. The van der Waals surface area contributed by atoms with Gasteiger partial charge in [-0.15, -0.1) is 0 Å². The molecule has 2 rings (SSSR count). The van der Waals surface area contributed by atoms with Gasteiger partial charge in [-0.1, -0.05) is 12.1 Å². The first-order chi connectivity index (χ1) is 11.9. The van der Waals surface area contributed by atoms with Crippen molar-refractivity contribution in [3.05, 3.63) is 35.4 Å². The monoisotopic (exact) mass is 346 g/mol. The molecule has 1 N–H and O–H groups in total. The summed E-state index contributed by atoms with van der Waals surface area (Å²) in [5, 5.41) is 2.23. The molecule has 1 atom stereocenters. The van der Waals surface area contributed by atoms with Crippen LogP contribution in [0.15, 0.2) is 24.3 Å².